The van der Waals surface area contributed by atoms with E-state index in [1.54, 1.807) is 18.2 Å². The van der Waals surface area contributed by atoms with E-state index in [4.69, 9.17) is 9.47 Å². The first kappa shape index (κ1) is 21.9. The van der Waals surface area contributed by atoms with Crippen molar-refractivity contribution in [2.24, 2.45) is 0 Å². The van der Waals surface area contributed by atoms with Crippen LogP contribution in [0.1, 0.15) is 27.0 Å². The monoisotopic (exact) mass is 403 g/mol. The van der Waals surface area contributed by atoms with Gasteiger partial charge in [-0.05, 0) is 36.8 Å². The molecule has 2 aromatic rings. The topological polar surface area (TPSA) is 47.6 Å². The Morgan fingerprint density at radius 2 is 1.97 bits per heavy atom. The van der Waals surface area contributed by atoms with Crippen LogP contribution in [-0.4, -0.2) is 26.7 Å². The van der Waals surface area contributed by atoms with Crippen LogP contribution in [-0.2, 0) is 12.6 Å². The van der Waals surface area contributed by atoms with Gasteiger partial charge in [-0.15, -0.1) is 6.58 Å². The van der Waals surface area contributed by atoms with E-state index in [1.165, 1.54) is 26.4 Å². The van der Waals surface area contributed by atoms with Gasteiger partial charge in [-0.3, -0.25) is 4.79 Å². The van der Waals surface area contributed by atoms with E-state index in [0.29, 0.717) is 23.5 Å². The van der Waals surface area contributed by atoms with Crippen LogP contribution in [0.3, 0.4) is 0 Å². The van der Waals surface area contributed by atoms with Gasteiger partial charge in [0.25, 0.3) is 5.91 Å². The quantitative estimate of drug-likeness (QED) is 0.580. The van der Waals surface area contributed by atoms with Gasteiger partial charge in [0.1, 0.15) is 0 Å². The van der Waals surface area contributed by atoms with Gasteiger partial charge in [0.15, 0.2) is 11.5 Å². The van der Waals surface area contributed by atoms with E-state index in [0.717, 1.165) is 17.7 Å². The first-order valence-corrected chi connectivity index (χ1v) is 8.60. The van der Waals surface area contributed by atoms with E-state index in [1.807, 2.05) is 0 Å². The van der Waals surface area contributed by atoms with E-state index in [9.17, 15) is 18.0 Å². The third-order valence-corrected chi connectivity index (χ3v) is 3.94. The van der Waals surface area contributed by atoms with Crippen LogP contribution in [0.5, 0.6) is 11.5 Å². The number of hydrogen-bond donors (Lipinski definition) is 1. The summed E-state index contributed by atoms with van der Waals surface area (Å²) < 4.78 is 48.8. The lowest BCUT2D eigenvalue weighted by Gasteiger charge is -2.14. The Morgan fingerprint density at radius 3 is 2.59 bits per heavy atom. The normalized spacial score (nSPS) is 10.5. The first-order valence-electron chi connectivity index (χ1n) is 8.60. The van der Waals surface area contributed by atoms with Crippen molar-refractivity contribution in [3.05, 3.63) is 71.3 Å². The fourth-order valence-corrected chi connectivity index (χ4v) is 2.63. The Morgan fingerprint density at radius 1 is 1.21 bits per heavy atom. The van der Waals surface area contributed by atoms with Crippen molar-refractivity contribution in [3.8, 4) is 23.3 Å². The van der Waals surface area contributed by atoms with Gasteiger partial charge >= 0.3 is 6.18 Å². The zero-order chi connectivity index (χ0) is 21.4. The molecule has 0 heterocycles. The van der Waals surface area contributed by atoms with Crippen molar-refractivity contribution >= 4 is 5.91 Å². The number of carbonyl (C=O) groups excluding carboxylic acids is 1. The minimum atomic E-state index is -4.43. The number of halogens is 3. The van der Waals surface area contributed by atoms with Gasteiger partial charge in [-0.25, -0.2) is 0 Å². The zero-order valence-corrected chi connectivity index (χ0v) is 16.0. The number of alkyl halides is 3. The van der Waals surface area contributed by atoms with Crippen LogP contribution in [0.15, 0.2) is 49.1 Å². The molecule has 29 heavy (non-hydrogen) atoms. The van der Waals surface area contributed by atoms with Gasteiger partial charge in [-0.2, -0.15) is 13.2 Å². The molecule has 0 aliphatic carbocycles. The van der Waals surface area contributed by atoms with Crippen molar-refractivity contribution < 1.29 is 27.4 Å². The molecule has 2 rings (SSSR count). The number of rotatable bonds is 6. The Kier molecular flexibility index (Phi) is 7.32. The third-order valence-electron chi connectivity index (χ3n) is 3.94. The van der Waals surface area contributed by atoms with Crippen molar-refractivity contribution in [2.45, 2.75) is 12.6 Å². The van der Waals surface area contributed by atoms with Gasteiger partial charge in [0, 0.05) is 16.7 Å². The lowest BCUT2D eigenvalue weighted by Crippen LogP contribution is -2.23. The molecule has 0 saturated carbocycles. The number of hydrogen-bond acceptors (Lipinski definition) is 3. The Labute approximate surface area is 167 Å². The smallest absolute Gasteiger partial charge is 0.416 e. The fourth-order valence-electron chi connectivity index (χ4n) is 2.63. The van der Waals surface area contributed by atoms with E-state index < -0.39 is 17.6 Å². The van der Waals surface area contributed by atoms with Crippen molar-refractivity contribution in [3.63, 3.8) is 0 Å². The second kappa shape index (κ2) is 9.69. The number of carbonyl (C=O) groups is 1. The molecular formula is C22H20F3NO3. The summed E-state index contributed by atoms with van der Waals surface area (Å²) in [4.78, 5) is 12.4. The summed E-state index contributed by atoms with van der Waals surface area (Å²) in [6, 6.07) is 7.91. The maximum Gasteiger partial charge on any atom is 0.416 e. The molecule has 152 valence electrons. The average Bonchev–Trinajstić information content (AvgIpc) is 2.70. The Hall–Kier alpha value is -3.40. The number of benzene rings is 2. The summed E-state index contributed by atoms with van der Waals surface area (Å²) >= 11 is 0. The highest BCUT2D eigenvalue weighted by atomic mass is 19.4. The van der Waals surface area contributed by atoms with E-state index in [2.05, 4.69) is 23.7 Å². The number of ether oxygens (including phenoxy) is 2. The second-order valence-electron chi connectivity index (χ2n) is 5.93. The molecule has 2 aromatic carbocycles. The van der Waals surface area contributed by atoms with E-state index in [-0.39, 0.29) is 12.1 Å². The summed E-state index contributed by atoms with van der Waals surface area (Å²) in [6.07, 6.45) is -2.27. The van der Waals surface area contributed by atoms with Gasteiger partial charge < -0.3 is 14.8 Å². The van der Waals surface area contributed by atoms with E-state index >= 15 is 0 Å². The van der Waals surface area contributed by atoms with Crippen molar-refractivity contribution in [1.82, 2.24) is 5.32 Å². The number of methoxy groups -OCH3 is 2. The minimum absolute atomic E-state index is 0.0276. The number of allylic oxidation sites excluding steroid dienone is 1. The van der Waals surface area contributed by atoms with Crippen LogP contribution < -0.4 is 14.8 Å². The highest BCUT2D eigenvalue weighted by molar-refractivity contribution is 5.95. The number of nitrogens with one attached hydrogen (secondary N) is 1. The molecule has 4 nitrogen and oxygen atoms in total. The summed E-state index contributed by atoms with van der Waals surface area (Å²) in [7, 11) is 2.98. The molecule has 0 bridgehead atoms. The molecule has 0 aromatic heterocycles. The van der Waals surface area contributed by atoms with Gasteiger partial charge in [0.2, 0.25) is 0 Å². The highest BCUT2D eigenvalue weighted by Gasteiger charge is 2.30. The summed E-state index contributed by atoms with van der Waals surface area (Å²) in [5.74, 6) is 5.80. The Balaban J connectivity index is 2.12. The van der Waals surface area contributed by atoms with Crippen molar-refractivity contribution in [2.75, 3.05) is 20.8 Å². The molecule has 0 radical (unpaired) electrons. The maximum absolute atomic E-state index is 12.7. The molecular weight excluding hydrogens is 383 g/mol. The van der Waals surface area contributed by atoms with Gasteiger partial charge in [0.05, 0.1) is 26.3 Å². The minimum Gasteiger partial charge on any atom is -0.493 e. The van der Waals surface area contributed by atoms with Crippen molar-refractivity contribution in [1.29, 1.82) is 0 Å². The molecule has 0 unspecified atom stereocenters. The molecule has 7 heteroatoms. The van der Waals surface area contributed by atoms with Crippen LogP contribution in [0.4, 0.5) is 13.2 Å². The van der Waals surface area contributed by atoms with Gasteiger partial charge in [-0.1, -0.05) is 24.0 Å². The summed E-state index contributed by atoms with van der Waals surface area (Å²) in [6.45, 7) is 3.66. The largest absolute Gasteiger partial charge is 0.493 e. The molecule has 1 N–H and O–H groups in total. The molecule has 0 aliphatic heterocycles. The molecule has 0 atom stereocenters. The van der Waals surface area contributed by atoms with Crippen LogP contribution in [0.2, 0.25) is 0 Å². The maximum atomic E-state index is 12.7. The first-order chi connectivity index (χ1) is 13.8. The predicted molar refractivity (Wildman–Crippen MR) is 104 cm³/mol. The summed E-state index contributed by atoms with van der Waals surface area (Å²) in [5, 5.41) is 2.62. The zero-order valence-electron chi connectivity index (χ0n) is 16.0. The molecule has 0 saturated heterocycles. The number of amides is 1. The third kappa shape index (κ3) is 5.79. The highest BCUT2D eigenvalue weighted by Crippen LogP contribution is 2.33. The fraction of sp³-hybridized carbons (Fsp3) is 0.227. The molecule has 0 aliphatic rings. The predicted octanol–water partition coefficient (Wildman–Crippen LogP) is 4.23. The van der Waals surface area contributed by atoms with Crippen LogP contribution >= 0.6 is 0 Å². The SMILES string of the molecule is C=CCc1cc(C(=O)NCC#Cc2cccc(C(F)(F)F)c2)cc(OC)c1OC. The second-order valence-corrected chi connectivity index (χ2v) is 5.93. The summed E-state index contributed by atoms with van der Waals surface area (Å²) in [5.41, 5.74) is 0.532. The molecule has 0 fully saturated rings. The lowest BCUT2D eigenvalue weighted by atomic mass is 10.0. The molecule has 0 spiro atoms. The van der Waals surface area contributed by atoms with Crippen LogP contribution in [0.25, 0.3) is 0 Å². The standard InChI is InChI=1S/C22H20F3NO3/c1-4-7-16-13-17(14-19(28-2)20(16)29-3)21(27)26-11-6-9-15-8-5-10-18(12-15)22(23,24)25/h4-5,8,10,12-14H,1,7,11H2,2-3H3,(H,26,27). The Bertz CT molecular complexity index is 956. The average molecular weight is 403 g/mol. The lowest BCUT2D eigenvalue weighted by molar-refractivity contribution is -0.137. The molecule has 1 amide bonds. The van der Waals surface area contributed by atoms with Crippen LogP contribution in [0, 0.1) is 11.8 Å².